The van der Waals surface area contributed by atoms with Gasteiger partial charge in [0.2, 0.25) is 0 Å². The Balaban J connectivity index is 3.52. The Morgan fingerprint density at radius 2 is 1.35 bits per heavy atom. The second-order valence-corrected chi connectivity index (χ2v) is 7.62. The monoisotopic (exact) mass is 439 g/mol. The van der Waals surface area contributed by atoms with Crippen LogP contribution in [0.3, 0.4) is 0 Å². The Hall–Kier alpha value is -3.21. The first-order chi connectivity index (χ1) is 14.3. The minimum absolute atomic E-state index is 0.101. The van der Waals surface area contributed by atoms with Gasteiger partial charge in [-0.3, -0.25) is 9.97 Å². The van der Waals surface area contributed by atoms with E-state index in [2.05, 4.69) is 13.2 Å². The Labute approximate surface area is 178 Å². The van der Waals surface area contributed by atoms with E-state index in [9.17, 15) is 29.1 Å². The Bertz CT molecular complexity index is 946. The number of aromatic nitrogens is 3. The molecule has 0 fully saturated rings. The lowest BCUT2D eigenvalue weighted by atomic mass is 9.83. The van der Waals surface area contributed by atoms with Crippen LogP contribution in [-0.4, -0.2) is 50.4 Å². The number of rotatable bonds is 11. The number of ether oxygens (including phenoxy) is 2. The number of aliphatic hydroxyl groups is 1. The minimum Gasteiger partial charge on any atom is -0.459 e. The zero-order valence-corrected chi connectivity index (χ0v) is 18.1. The van der Waals surface area contributed by atoms with Gasteiger partial charge in [0.1, 0.15) is 12.2 Å². The van der Waals surface area contributed by atoms with Gasteiger partial charge in [-0.2, -0.15) is 0 Å². The molecule has 1 heterocycles. The molecule has 3 N–H and O–H groups in total. The lowest BCUT2D eigenvalue weighted by Gasteiger charge is -2.37. The van der Waals surface area contributed by atoms with Gasteiger partial charge < -0.3 is 14.6 Å². The molecule has 0 radical (unpaired) electrons. The summed E-state index contributed by atoms with van der Waals surface area (Å²) in [7, 11) is 0. The highest BCUT2D eigenvalue weighted by molar-refractivity contribution is 5.87. The van der Waals surface area contributed by atoms with E-state index in [1.807, 2.05) is 9.97 Å². The molecule has 0 aliphatic carbocycles. The molecule has 0 aromatic carbocycles. The predicted molar refractivity (Wildman–Crippen MR) is 112 cm³/mol. The number of esters is 2. The number of aromatic amines is 2. The van der Waals surface area contributed by atoms with E-state index in [0.29, 0.717) is 0 Å². The van der Waals surface area contributed by atoms with Crippen molar-refractivity contribution in [2.24, 2.45) is 0 Å². The summed E-state index contributed by atoms with van der Waals surface area (Å²) in [5.74, 6) is -1.34. The summed E-state index contributed by atoms with van der Waals surface area (Å²) in [6.07, 6.45) is -1.98. The van der Waals surface area contributed by atoms with Gasteiger partial charge >= 0.3 is 29.0 Å². The zero-order chi connectivity index (χ0) is 23.9. The van der Waals surface area contributed by atoms with Crippen LogP contribution in [0.5, 0.6) is 0 Å². The summed E-state index contributed by atoms with van der Waals surface area (Å²) in [6, 6.07) is 0. The average molecular weight is 439 g/mol. The number of carbonyl (C=O) groups is 2. The lowest BCUT2D eigenvalue weighted by Crippen LogP contribution is -2.56. The zero-order valence-electron chi connectivity index (χ0n) is 18.1. The Morgan fingerprint density at radius 1 is 0.968 bits per heavy atom. The highest BCUT2D eigenvalue weighted by atomic mass is 16.5. The normalized spacial score (nSPS) is 14.7. The molecule has 0 saturated heterocycles. The first-order valence-electron chi connectivity index (χ1n) is 9.63. The topological polar surface area (TPSA) is 161 Å². The van der Waals surface area contributed by atoms with Crippen LogP contribution in [0.1, 0.15) is 47.0 Å². The Morgan fingerprint density at radius 3 is 1.68 bits per heavy atom. The average Bonchev–Trinajstić information content (AvgIpc) is 2.60. The standard InChI is InChI=1S/C20H29N3O8/c1-11(2)15(25)30-13(5)9-20(7-8-24,10-14(6)31-16(26)12(3)4)23-18(28)21-17(27)22-19(23)29/h13-14,24H,1,3,7-10H2,2,4-6H3,(H2,21,22,27,28,29). The van der Waals surface area contributed by atoms with Crippen LogP contribution in [0.25, 0.3) is 0 Å². The van der Waals surface area contributed by atoms with Crippen LogP contribution in [0.2, 0.25) is 0 Å². The molecule has 31 heavy (non-hydrogen) atoms. The van der Waals surface area contributed by atoms with Crippen molar-refractivity contribution in [3.63, 3.8) is 0 Å². The van der Waals surface area contributed by atoms with Crippen molar-refractivity contribution in [1.29, 1.82) is 0 Å². The molecule has 1 aromatic rings. The number of H-pyrrole nitrogens is 2. The van der Waals surface area contributed by atoms with E-state index in [1.54, 1.807) is 13.8 Å². The number of nitrogens with one attached hydrogen (secondary N) is 2. The second-order valence-electron chi connectivity index (χ2n) is 7.62. The number of hydrogen-bond acceptors (Lipinski definition) is 8. The minimum atomic E-state index is -1.47. The van der Waals surface area contributed by atoms with Crippen molar-refractivity contribution in [2.45, 2.75) is 64.7 Å². The molecule has 11 nitrogen and oxygen atoms in total. The van der Waals surface area contributed by atoms with Crippen molar-refractivity contribution in [1.82, 2.24) is 14.5 Å². The molecular formula is C20H29N3O8. The molecule has 1 aromatic heterocycles. The number of nitrogens with zero attached hydrogens (tertiary/aromatic N) is 1. The van der Waals surface area contributed by atoms with Crippen LogP contribution < -0.4 is 17.1 Å². The highest BCUT2D eigenvalue weighted by Crippen LogP contribution is 2.32. The van der Waals surface area contributed by atoms with Crippen LogP contribution in [0, 0.1) is 0 Å². The van der Waals surface area contributed by atoms with Gasteiger partial charge in [-0.1, -0.05) is 13.2 Å². The molecule has 0 saturated carbocycles. The van der Waals surface area contributed by atoms with Gasteiger partial charge in [0.05, 0.1) is 5.54 Å². The molecule has 0 spiro atoms. The third-order valence-electron chi connectivity index (χ3n) is 4.55. The molecule has 0 amide bonds. The number of carbonyl (C=O) groups excluding carboxylic acids is 2. The molecule has 0 aliphatic heterocycles. The largest absolute Gasteiger partial charge is 0.459 e. The van der Waals surface area contributed by atoms with E-state index in [4.69, 9.17) is 9.47 Å². The summed E-state index contributed by atoms with van der Waals surface area (Å²) < 4.78 is 11.3. The molecule has 2 unspecified atom stereocenters. The molecule has 11 heteroatoms. The molecule has 172 valence electrons. The van der Waals surface area contributed by atoms with Crippen molar-refractivity contribution in [3.8, 4) is 0 Å². The third-order valence-corrected chi connectivity index (χ3v) is 4.55. The fraction of sp³-hybridized carbons (Fsp3) is 0.550. The first kappa shape index (κ1) is 25.8. The van der Waals surface area contributed by atoms with E-state index in [1.165, 1.54) is 13.8 Å². The molecule has 2 atom stereocenters. The summed E-state index contributed by atoms with van der Waals surface area (Å²) >= 11 is 0. The maximum Gasteiger partial charge on any atom is 0.334 e. The summed E-state index contributed by atoms with van der Waals surface area (Å²) in [5, 5.41) is 9.72. The van der Waals surface area contributed by atoms with E-state index < -0.39 is 53.4 Å². The number of aliphatic hydroxyl groups excluding tert-OH is 1. The second kappa shape index (κ2) is 10.7. The summed E-state index contributed by atoms with van der Waals surface area (Å²) in [6.45, 7) is 12.6. The molecular weight excluding hydrogens is 410 g/mol. The fourth-order valence-electron chi connectivity index (χ4n) is 3.37. The SMILES string of the molecule is C=C(C)C(=O)OC(C)CC(CCO)(CC(C)OC(=O)C(=C)C)n1c(=O)[nH]c(=O)[nH]c1=O. The van der Waals surface area contributed by atoms with Crippen LogP contribution in [0.15, 0.2) is 38.7 Å². The van der Waals surface area contributed by atoms with Gasteiger partial charge in [-0.25, -0.2) is 28.5 Å². The van der Waals surface area contributed by atoms with E-state index >= 15 is 0 Å². The van der Waals surface area contributed by atoms with E-state index in [0.717, 1.165) is 4.57 Å². The van der Waals surface area contributed by atoms with Gasteiger partial charge in [0.15, 0.2) is 0 Å². The maximum absolute atomic E-state index is 12.6. The highest BCUT2D eigenvalue weighted by Gasteiger charge is 2.40. The van der Waals surface area contributed by atoms with E-state index in [-0.39, 0.29) is 30.4 Å². The van der Waals surface area contributed by atoms with Gasteiger partial charge in [0, 0.05) is 30.6 Å². The predicted octanol–water partition coefficient (Wildman–Crippen LogP) is 0.0984. The van der Waals surface area contributed by atoms with Crippen LogP contribution >= 0.6 is 0 Å². The smallest absolute Gasteiger partial charge is 0.334 e. The fourth-order valence-corrected chi connectivity index (χ4v) is 3.37. The van der Waals surface area contributed by atoms with Crippen molar-refractivity contribution >= 4 is 11.9 Å². The molecule has 0 bridgehead atoms. The van der Waals surface area contributed by atoms with Gasteiger partial charge in [-0.05, 0) is 34.1 Å². The molecule has 1 rings (SSSR count). The van der Waals surface area contributed by atoms with Crippen molar-refractivity contribution in [2.75, 3.05) is 6.61 Å². The van der Waals surface area contributed by atoms with Gasteiger partial charge in [0.25, 0.3) is 0 Å². The van der Waals surface area contributed by atoms with Crippen LogP contribution in [0.4, 0.5) is 0 Å². The lowest BCUT2D eigenvalue weighted by molar-refractivity contribution is -0.146. The van der Waals surface area contributed by atoms with Crippen LogP contribution in [-0.2, 0) is 24.6 Å². The quantitative estimate of drug-likeness (QED) is 0.323. The third kappa shape index (κ3) is 6.92. The number of hydrogen-bond donors (Lipinski definition) is 3. The first-order valence-corrected chi connectivity index (χ1v) is 9.63. The van der Waals surface area contributed by atoms with Gasteiger partial charge in [-0.15, -0.1) is 0 Å². The summed E-state index contributed by atoms with van der Waals surface area (Å²) in [4.78, 5) is 64.4. The Kier molecular flexibility index (Phi) is 8.92. The van der Waals surface area contributed by atoms with Crippen molar-refractivity contribution < 1.29 is 24.2 Å². The van der Waals surface area contributed by atoms with Crippen molar-refractivity contribution in [3.05, 3.63) is 55.8 Å². The maximum atomic E-state index is 12.6. The molecule has 0 aliphatic rings. The summed E-state index contributed by atoms with van der Waals surface area (Å²) in [5.41, 5.74) is -4.18.